The first-order valence-corrected chi connectivity index (χ1v) is 8.34. The van der Waals surface area contributed by atoms with Crippen LogP contribution in [0.25, 0.3) is 0 Å². The number of thiocarbonyl (C=S) groups is 1. The van der Waals surface area contributed by atoms with Gasteiger partial charge in [-0.25, -0.2) is 0 Å². The van der Waals surface area contributed by atoms with Crippen molar-refractivity contribution in [2.45, 2.75) is 27.2 Å². The highest BCUT2D eigenvalue weighted by atomic mass is 32.2. The lowest BCUT2D eigenvalue weighted by atomic mass is 9.92. The van der Waals surface area contributed by atoms with Gasteiger partial charge < -0.3 is 0 Å². The highest BCUT2D eigenvalue weighted by Crippen LogP contribution is 2.30. The lowest BCUT2D eigenvalue weighted by Gasteiger charge is -2.28. The van der Waals surface area contributed by atoms with Crippen LogP contribution in [0.5, 0.6) is 0 Å². The molecule has 5 nitrogen and oxygen atoms in total. The van der Waals surface area contributed by atoms with Crippen molar-refractivity contribution in [3.63, 3.8) is 0 Å². The van der Waals surface area contributed by atoms with E-state index in [9.17, 15) is 19.2 Å². The Balaban J connectivity index is 2.73. The van der Waals surface area contributed by atoms with Crippen molar-refractivity contribution in [3.8, 4) is 0 Å². The topological polar surface area (TPSA) is 71.5 Å². The number of thioether (sulfide) groups is 1. The summed E-state index contributed by atoms with van der Waals surface area (Å²) in [7, 11) is 0. The van der Waals surface area contributed by atoms with Crippen LogP contribution in [0.2, 0.25) is 0 Å². The number of Topliss-reactive ketones (excluding diaryl/α,β-unsaturated/α-hetero) is 3. The van der Waals surface area contributed by atoms with Crippen LogP contribution < -0.4 is 4.90 Å². The second-order valence-corrected chi connectivity index (χ2v) is 6.91. The summed E-state index contributed by atoms with van der Waals surface area (Å²) in [5.74, 6) is -0.633. The van der Waals surface area contributed by atoms with Crippen LogP contribution in [0.3, 0.4) is 0 Å². The minimum absolute atomic E-state index is 0.0942. The molecule has 2 rings (SSSR count). The summed E-state index contributed by atoms with van der Waals surface area (Å²) in [6.45, 7) is 3.95. The molecule has 0 atom stereocenters. The third-order valence-electron chi connectivity index (χ3n) is 3.47. The van der Waals surface area contributed by atoms with Gasteiger partial charge in [-0.05, 0) is 32.9 Å². The number of carbonyl (C=O) groups excluding carboxylic acids is 4. The van der Waals surface area contributed by atoms with Crippen LogP contribution >= 0.6 is 24.0 Å². The van der Waals surface area contributed by atoms with Crippen molar-refractivity contribution in [1.82, 2.24) is 0 Å². The van der Waals surface area contributed by atoms with E-state index in [0.717, 1.165) is 0 Å². The van der Waals surface area contributed by atoms with Gasteiger partial charge in [0.15, 0.2) is 17.3 Å². The van der Waals surface area contributed by atoms with Crippen molar-refractivity contribution >= 4 is 57.2 Å². The van der Waals surface area contributed by atoms with Crippen LogP contribution in [0.4, 0.5) is 5.69 Å². The van der Waals surface area contributed by atoms with Crippen molar-refractivity contribution in [2.24, 2.45) is 0 Å². The summed E-state index contributed by atoms with van der Waals surface area (Å²) in [4.78, 5) is 49.3. The first-order valence-electron chi connectivity index (χ1n) is 6.94. The quantitative estimate of drug-likeness (QED) is 0.614. The molecule has 7 heteroatoms. The molecule has 1 amide bonds. The van der Waals surface area contributed by atoms with E-state index in [0.29, 0.717) is 22.2 Å². The Bertz CT molecular complexity index is 703. The second-order valence-electron chi connectivity index (χ2n) is 5.18. The number of ketones is 3. The Hall–Kier alpha value is -1.86. The van der Waals surface area contributed by atoms with Crippen LogP contribution in [0, 0.1) is 0 Å². The van der Waals surface area contributed by atoms with Crippen molar-refractivity contribution < 1.29 is 19.2 Å². The average Bonchev–Trinajstić information content (AvgIpc) is 2.45. The predicted molar refractivity (Wildman–Crippen MR) is 93.6 cm³/mol. The molecule has 23 heavy (non-hydrogen) atoms. The van der Waals surface area contributed by atoms with E-state index >= 15 is 0 Å². The molecule has 120 valence electrons. The monoisotopic (exact) mass is 349 g/mol. The number of anilines is 1. The molecule has 0 radical (unpaired) electrons. The Kier molecular flexibility index (Phi) is 5.11. The number of hydrogen-bond acceptors (Lipinski definition) is 6. The number of nitrogens with zero attached hydrogens (tertiary/aromatic N) is 1. The molecular weight excluding hydrogens is 334 g/mol. The Morgan fingerprint density at radius 2 is 1.57 bits per heavy atom. The molecule has 1 aliphatic heterocycles. The molecule has 1 aliphatic rings. The number of rotatable bonds is 4. The van der Waals surface area contributed by atoms with E-state index < -0.39 is 0 Å². The third-order valence-corrected chi connectivity index (χ3v) is 4.84. The van der Waals surface area contributed by atoms with E-state index in [1.807, 2.05) is 0 Å². The molecule has 1 saturated heterocycles. The van der Waals surface area contributed by atoms with Crippen LogP contribution in [-0.2, 0) is 4.79 Å². The standard InChI is InChI=1S/C16H15NO4S2/c1-8(18)12-6-11(17-14(21)4-5-23-16(17)22)7-13(9(2)19)15(12)10(3)20/h6-7H,4-5H2,1-3H3. The first kappa shape index (κ1) is 17.5. The third kappa shape index (κ3) is 3.40. The maximum atomic E-state index is 12.2. The van der Waals surface area contributed by atoms with E-state index in [2.05, 4.69) is 0 Å². The summed E-state index contributed by atoms with van der Waals surface area (Å²) in [6, 6.07) is 2.92. The van der Waals surface area contributed by atoms with Crippen molar-refractivity contribution in [3.05, 3.63) is 28.8 Å². The summed E-state index contributed by atoms with van der Waals surface area (Å²) >= 11 is 6.58. The lowest BCUT2D eigenvalue weighted by Crippen LogP contribution is -2.38. The van der Waals surface area contributed by atoms with Crippen molar-refractivity contribution in [1.29, 1.82) is 0 Å². The SMILES string of the molecule is CC(=O)c1cc(N2C(=O)CCSC2=S)cc(C(C)=O)c1C(C)=O. The van der Waals surface area contributed by atoms with Gasteiger partial charge in [0.1, 0.15) is 4.32 Å². The second kappa shape index (κ2) is 6.72. The molecular formula is C16H15NO4S2. The fraction of sp³-hybridized carbons (Fsp3) is 0.312. The van der Waals surface area contributed by atoms with Crippen LogP contribution in [-0.4, -0.2) is 33.3 Å². The van der Waals surface area contributed by atoms with E-state index in [1.54, 1.807) is 0 Å². The molecule has 1 fully saturated rings. The van der Waals surface area contributed by atoms with Gasteiger partial charge in [0.05, 0.1) is 5.69 Å². The largest absolute Gasteiger partial charge is 0.294 e. The van der Waals surface area contributed by atoms with Gasteiger partial charge in [0.25, 0.3) is 0 Å². The van der Waals surface area contributed by atoms with Gasteiger partial charge in [0.2, 0.25) is 5.91 Å². The zero-order valence-electron chi connectivity index (χ0n) is 13.0. The Morgan fingerprint density at radius 1 is 1.04 bits per heavy atom. The molecule has 1 heterocycles. The minimum atomic E-state index is -0.367. The van der Waals surface area contributed by atoms with Gasteiger partial charge in [-0.1, -0.05) is 24.0 Å². The number of benzene rings is 1. The molecule has 0 N–H and O–H groups in total. The lowest BCUT2D eigenvalue weighted by molar-refractivity contribution is -0.117. The maximum absolute atomic E-state index is 12.2. The smallest absolute Gasteiger partial charge is 0.233 e. The molecule has 0 unspecified atom stereocenters. The van der Waals surface area contributed by atoms with Crippen molar-refractivity contribution in [2.75, 3.05) is 10.7 Å². The van der Waals surface area contributed by atoms with Gasteiger partial charge >= 0.3 is 0 Å². The van der Waals surface area contributed by atoms with E-state index in [4.69, 9.17) is 12.2 Å². The fourth-order valence-corrected chi connectivity index (χ4v) is 3.69. The normalized spacial score (nSPS) is 14.8. The Morgan fingerprint density at radius 3 is 1.96 bits per heavy atom. The zero-order chi connectivity index (χ0) is 17.3. The molecule has 0 bridgehead atoms. The summed E-state index contributed by atoms with van der Waals surface area (Å²) < 4.78 is 0.376. The fourth-order valence-electron chi connectivity index (χ4n) is 2.44. The number of hydrogen-bond donors (Lipinski definition) is 0. The van der Waals surface area contributed by atoms with Gasteiger partial charge in [0, 0.05) is 28.9 Å². The molecule has 1 aromatic carbocycles. The number of amides is 1. The van der Waals surface area contributed by atoms with Crippen LogP contribution in [0.1, 0.15) is 58.3 Å². The van der Waals surface area contributed by atoms with E-state index in [1.165, 1.54) is 49.6 Å². The summed E-state index contributed by atoms with van der Waals surface area (Å²) in [6.07, 6.45) is 0.323. The average molecular weight is 349 g/mol. The summed E-state index contributed by atoms with van der Waals surface area (Å²) in [5.41, 5.74) is 0.710. The minimum Gasteiger partial charge on any atom is -0.294 e. The summed E-state index contributed by atoms with van der Waals surface area (Å²) in [5, 5.41) is 0. The molecule has 0 saturated carbocycles. The molecule has 0 aliphatic carbocycles. The van der Waals surface area contributed by atoms with Gasteiger partial charge in [-0.3, -0.25) is 24.1 Å². The zero-order valence-corrected chi connectivity index (χ0v) is 14.6. The highest BCUT2D eigenvalue weighted by molar-refractivity contribution is 8.23. The maximum Gasteiger partial charge on any atom is 0.233 e. The van der Waals surface area contributed by atoms with Crippen LogP contribution in [0.15, 0.2) is 12.1 Å². The first-order chi connectivity index (χ1) is 10.7. The molecule has 0 aromatic heterocycles. The van der Waals surface area contributed by atoms with Gasteiger partial charge in [-0.15, -0.1) is 0 Å². The van der Waals surface area contributed by atoms with Gasteiger partial charge in [-0.2, -0.15) is 0 Å². The predicted octanol–water partition coefficient (Wildman–Crippen LogP) is 3.05. The highest BCUT2D eigenvalue weighted by Gasteiger charge is 2.28. The number of carbonyl (C=O) groups is 4. The molecule has 0 spiro atoms. The Labute approximate surface area is 143 Å². The molecule has 1 aromatic rings. The van der Waals surface area contributed by atoms with E-state index in [-0.39, 0.29) is 39.9 Å².